The van der Waals surface area contributed by atoms with Crippen molar-refractivity contribution in [3.8, 4) is 0 Å². The maximum atomic E-state index is 9.92. The van der Waals surface area contributed by atoms with Crippen LogP contribution in [0.25, 0.3) is 0 Å². The molecule has 54 valence electrons. The lowest BCUT2D eigenvalue weighted by molar-refractivity contribution is -0.123. The van der Waals surface area contributed by atoms with Crippen LogP contribution in [0.4, 0.5) is 0 Å². The fourth-order valence-corrected chi connectivity index (χ4v) is 0.246. The van der Waals surface area contributed by atoms with Crippen molar-refractivity contribution >= 4 is 11.8 Å². The van der Waals surface area contributed by atoms with Gasteiger partial charge in [-0.05, 0) is 0 Å². The molecular weight excluding hydrogens is 122 g/mol. The molecule has 0 radical (unpaired) electrons. The summed E-state index contributed by atoms with van der Waals surface area (Å²) in [5, 5.41) is 0. The molecule has 0 aliphatic heterocycles. The van der Waals surface area contributed by atoms with Crippen molar-refractivity contribution < 1.29 is 9.59 Å². The Morgan fingerprint density at radius 2 is 1.22 bits per heavy atom. The highest BCUT2D eigenvalue weighted by molar-refractivity contribution is 5.81. The van der Waals surface area contributed by atoms with E-state index in [0.29, 0.717) is 0 Å². The molecular formula is C4H11N3O2. The van der Waals surface area contributed by atoms with Gasteiger partial charge in [-0.15, -0.1) is 0 Å². The Balaban J connectivity index is 0. The summed E-state index contributed by atoms with van der Waals surface area (Å²) in [5.74, 6) is -0.993. The number of primary amides is 2. The smallest absolute Gasteiger partial charge is 0.217 e. The summed E-state index contributed by atoms with van der Waals surface area (Å²) < 4.78 is 0. The summed E-state index contributed by atoms with van der Waals surface area (Å²) in [6.45, 7) is 0. The number of nitrogens with two attached hydrogens (primary N) is 2. The van der Waals surface area contributed by atoms with Crippen LogP contribution in [0.5, 0.6) is 0 Å². The van der Waals surface area contributed by atoms with Crippen molar-refractivity contribution in [3.63, 3.8) is 0 Å². The van der Waals surface area contributed by atoms with Gasteiger partial charge in [-0.3, -0.25) is 9.59 Å². The molecule has 0 spiro atoms. The molecule has 0 aliphatic carbocycles. The highest BCUT2D eigenvalue weighted by atomic mass is 16.2. The highest BCUT2D eigenvalue weighted by Gasteiger charge is 1.96. The van der Waals surface area contributed by atoms with Gasteiger partial charge in [-0.1, -0.05) is 0 Å². The van der Waals surface area contributed by atoms with Crippen molar-refractivity contribution in [2.45, 2.75) is 12.8 Å². The van der Waals surface area contributed by atoms with Crippen LogP contribution in [0.1, 0.15) is 12.8 Å². The quantitative estimate of drug-likeness (QED) is 0.452. The van der Waals surface area contributed by atoms with Gasteiger partial charge < -0.3 is 17.6 Å². The number of carbonyl (C=O) groups is 2. The van der Waals surface area contributed by atoms with E-state index in [0.717, 1.165) is 0 Å². The predicted molar refractivity (Wildman–Crippen MR) is 32.6 cm³/mol. The molecule has 5 nitrogen and oxygen atoms in total. The molecule has 0 aromatic heterocycles. The standard InChI is InChI=1S/C4H8N2O2.H3N/c5-3(7)1-2-4(6)8;/h1-2H2,(H2,5,7)(H2,6,8);1H3. The Labute approximate surface area is 53.0 Å². The van der Waals surface area contributed by atoms with Crippen molar-refractivity contribution in [1.82, 2.24) is 6.15 Å². The molecule has 7 N–H and O–H groups in total. The summed E-state index contributed by atoms with van der Waals surface area (Å²) in [4.78, 5) is 19.8. The fourth-order valence-electron chi connectivity index (χ4n) is 0.246. The van der Waals surface area contributed by atoms with Crippen LogP contribution in [0.2, 0.25) is 0 Å². The van der Waals surface area contributed by atoms with Crippen LogP contribution in [0, 0.1) is 0 Å². The summed E-state index contributed by atoms with van der Waals surface area (Å²) in [6.07, 6.45) is 0.102. The molecule has 0 saturated heterocycles. The van der Waals surface area contributed by atoms with Gasteiger partial charge in [0.15, 0.2) is 0 Å². The third kappa shape index (κ3) is 10.9. The topological polar surface area (TPSA) is 121 Å². The van der Waals surface area contributed by atoms with Crippen molar-refractivity contribution in [3.05, 3.63) is 0 Å². The molecule has 0 unspecified atom stereocenters. The van der Waals surface area contributed by atoms with E-state index in [1.54, 1.807) is 0 Å². The van der Waals surface area contributed by atoms with Crippen LogP contribution in [-0.2, 0) is 9.59 Å². The first-order valence-corrected chi connectivity index (χ1v) is 2.19. The van der Waals surface area contributed by atoms with Gasteiger partial charge in [0.1, 0.15) is 0 Å². The monoisotopic (exact) mass is 133 g/mol. The van der Waals surface area contributed by atoms with Gasteiger partial charge in [-0.25, -0.2) is 0 Å². The van der Waals surface area contributed by atoms with E-state index < -0.39 is 11.8 Å². The summed E-state index contributed by atoms with van der Waals surface area (Å²) >= 11 is 0. The van der Waals surface area contributed by atoms with E-state index in [9.17, 15) is 9.59 Å². The molecule has 2 amide bonds. The number of carbonyl (C=O) groups excluding carboxylic acids is 2. The van der Waals surface area contributed by atoms with E-state index in [1.807, 2.05) is 0 Å². The number of amides is 2. The molecule has 0 aliphatic rings. The van der Waals surface area contributed by atoms with Crippen LogP contribution >= 0.6 is 0 Å². The van der Waals surface area contributed by atoms with E-state index in [-0.39, 0.29) is 19.0 Å². The van der Waals surface area contributed by atoms with Gasteiger partial charge in [0.05, 0.1) is 0 Å². The Bertz CT molecular complexity index is 98.4. The molecule has 0 heterocycles. The maximum Gasteiger partial charge on any atom is 0.217 e. The average Bonchev–Trinajstić information content (AvgIpc) is 1.61. The number of hydrogen-bond acceptors (Lipinski definition) is 3. The lowest BCUT2D eigenvalue weighted by Crippen LogP contribution is -2.16. The van der Waals surface area contributed by atoms with Crippen molar-refractivity contribution in [1.29, 1.82) is 0 Å². The zero-order valence-corrected chi connectivity index (χ0v) is 5.09. The molecule has 0 aromatic rings. The van der Waals surface area contributed by atoms with Crippen LogP contribution in [-0.4, -0.2) is 11.8 Å². The largest absolute Gasteiger partial charge is 0.370 e. The van der Waals surface area contributed by atoms with Gasteiger partial charge >= 0.3 is 0 Å². The van der Waals surface area contributed by atoms with E-state index in [2.05, 4.69) is 0 Å². The lowest BCUT2D eigenvalue weighted by atomic mass is 10.3. The predicted octanol–water partition coefficient (Wildman–Crippen LogP) is -1.10. The zero-order chi connectivity index (χ0) is 6.57. The molecule has 0 saturated carbocycles. The van der Waals surface area contributed by atoms with E-state index in [4.69, 9.17) is 11.5 Å². The zero-order valence-electron chi connectivity index (χ0n) is 5.09. The molecule has 0 rings (SSSR count). The first-order valence-electron chi connectivity index (χ1n) is 2.19. The molecule has 0 bridgehead atoms. The van der Waals surface area contributed by atoms with Gasteiger partial charge in [0.25, 0.3) is 0 Å². The lowest BCUT2D eigenvalue weighted by Gasteiger charge is -1.87. The van der Waals surface area contributed by atoms with Gasteiger partial charge in [0, 0.05) is 12.8 Å². The fraction of sp³-hybridized carbons (Fsp3) is 0.500. The van der Waals surface area contributed by atoms with E-state index >= 15 is 0 Å². The average molecular weight is 133 g/mol. The SMILES string of the molecule is N.NC(=O)CCC(N)=O. The van der Waals surface area contributed by atoms with E-state index in [1.165, 1.54) is 0 Å². The second kappa shape index (κ2) is 5.04. The maximum absolute atomic E-state index is 9.92. The summed E-state index contributed by atoms with van der Waals surface area (Å²) in [7, 11) is 0. The first kappa shape index (κ1) is 10.8. The molecule has 0 atom stereocenters. The van der Waals surface area contributed by atoms with Crippen LogP contribution in [0.3, 0.4) is 0 Å². The summed E-state index contributed by atoms with van der Waals surface area (Å²) in [5.41, 5.74) is 9.39. The first-order chi connectivity index (χ1) is 3.63. The van der Waals surface area contributed by atoms with Crippen molar-refractivity contribution in [2.75, 3.05) is 0 Å². The third-order valence-corrected chi connectivity index (χ3v) is 0.618. The normalized spacial score (nSPS) is 7.56. The number of hydrogen-bond donors (Lipinski definition) is 3. The minimum absolute atomic E-state index is 0. The minimum Gasteiger partial charge on any atom is -0.370 e. The molecule has 5 heteroatoms. The second-order valence-electron chi connectivity index (χ2n) is 1.43. The Morgan fingerprint density at radius 1 is 1.00 bits per heavy atom. The summed E-state index contributed by atoms with van der Waals surface area (Å²) in [6, 6.07) is 0. The Morgan fingerprint density at radius 3 is 1.33 bits per heavy atom. The Kier molecular flexibility index (Phi) is 6.06. The second-order valence-corrected chi connectivity index (χ2v) is 1.43. The van der Waals surface area contributed by atoms with Gasteiger partial charge in [0.2, 0.25) is 11.8 Å². The highest BCUT2D eigenvalue weighted by Crippen LogP contribution is 1.82. The third-order valence-electron chi connectivity index (χ3n) is 0.618. The Hall–Kier alpha value is -1.10. The van der Waals surface area contributed by atoms with Crippen LogP contribution in [0.15, 0.2) is 0 Å². The molecule has 0 aromatic carbocycles. The van der Waals surface area contributed by atoms with Crippen molar-refractivity contribution in [2.24, 2.45) is 11.5 Å². The molecule has 9 heavy (non-hydrogen) atoms. The van der Waals surface area contributed by atoms with Crippen LogP contribution < -0.4 is 17.6 Å². The van der Waals surface area contributed by atoms with Gasteiger partial charge in [-0.2, -0.15) is 0 Å². The number of rotatable bonds is 3. The molecule has 0 fully saturated rings. The minimum atomic E-state index is -0.496.